The summed E-state index contributed by atoms with van der Waals surface area (Å²) >= 11 is 5.97. The monoisotopic (exact) mass is 410 g/mol. The number of amides is 1. The number of hydrogen-bond donors (Lipinski definition) is 1. The highest BCUT2D eigenvalue weighted by molar-refractivity contribution is 7.89. The molecule has 0 atom stereocenters. The first kappa shape index (κ1) is 20.9. The van der Waals surface area contributed by atoms with E-state index in [0.29, 0.717) is 12.2 Å². The predicted molar refractivity (Wildman–Crippen MR) is 102 cm³/mol. The zero-order valence-electron chi connectivity index (χ0n) is 14.8. The highest BCUT2D eigenvalue weighted by atomic mass is 35.5. The first-order chi connectivity index (χ1) is 12.8. The minimum atomic E-state index is -3.75. The van der Waals surface area contributed by atoms with Crippen molar-refractivity contribution in [3.63, 3.8) is 0 Å². The molecule has 144 valence electrons. The highest BCUT2D eigenvalue weighted by Gasteiger charge is 2.21. The summed E-state index contributed by atoms with van der Waals surface area (Å²) in [5.41, 5.74) is 0.546. The van der Waals surface area contributed by atoms with Gasteiger partial charge in [-0.1, -0.05) is 29.8 Å². The summed E-state index contributed by atoms with van der Waals surface area (Å²) in [6, 6.07) is 12.6. The maximum atomic E-state index is 12.4. The molecule has 0 aromatic heterocycles. The van der Waals surface area contributed by atoms with Gasteiger partial charge in [0.1, 0.15) is 0 Å². The molecule has 2 aromatic rings. The van der Waals surface area contributed by atoms with Crippen molar-refractivity contribution in [1.82, 2.24) is 4.72 Å². The van der Waals surface area contributed by atoms with Crippen LogP contribution in [0.25, 0.3) is 0 Å². The van der Waals surface area contributed by atoms with Gasteiger partial charge in [0.25, 0.3) is 5.91 Å². The standard InChI is InChI=1S/C18H19ClN2O5S/c1-3-21(13-7-5-4-6-8-13)17(22)12-26-18(23)15-11-14(9-10-16(15)19)27(24,25)20-2/h4-11,20H,3,12H2,1-2H3. The van der Waals surface area contributed by atoms with Crippen LogP contribution in [0, 0.1) is 0 Å². The fraction of sp³-hybridized carbons (Fsp3) is 0.222. The van der Waals surface area contributed by atoms with Gasteiger partial charge in [-0.2, -0.15) is 0 Å². The number of nitrogens with one attached hydrogen (secondary N) is 1. The van der Waals surface area contributed by atoms with Gasteiger partial charge in [0, 0.05) is 12.2 Å². The number of ether oxygens (including phenoxy) is 1. The van der Waals surface area contributed by atoms with Crippen molar-refractivity contribution in [3.05, 3.63) is 59.1 Å². The number of esters is 1. The van der Waals surface area contributed by atoms with E-state index in [0.717, 1.165) is 6.07 Å². The van der Waals surface area contributed by atoms with Gasteiger partial charge >= 0.3 is 5.97 Å². The molecule has 0 heterocycles. The Kier molecular flexibility index (Phi) is 6.95. The van der Waals surface area contributed by atoms with Crippen molar-refractivity contribution in [2.24, 2.45) is 0 Å². The van der Waals surface area contributed by atoms with Crippen LogP contribution in [0.3, 0.4) is 0 Å². The number of carbonyl (C=O) groups excluding carboxylic acids is 2. The van der Waals surface area contributed by atoms with Gasteiger partial charge in [-0.05, 0) is 44.3 Å². The fourth-order valence-corrected chi connectivity index (χ4v) is 3.29. The first-order valence-electron chi connectivity index (χ1n) is 8.05. The molecule has 1 amide bonds. The summed E-state index contributed by atoms with van der Waals surface area (Å²) in [6.45, 7) is 1.70. The number of hydrogen-bond acceptors (Lipinski definition) is 5. The van der Waals surface area contributed by atoms with Crippen molar-refractivity contribution in [2.45, 2.75) is 11.8 Å². The molecule has 9 heteroatoms. The highest BCUT2D eigenvalue weighted by Crippen LogP contribution is 2.21. The summed E-state index contributed by atoms with van der Waals surface area (Å²) < 4.78 is 30.9. The molecular weight excluding hydrogens is 392 g/mol. The molecule has 0 aliphatic rings. The van der Waals surface area contributed by atoms with Crippen LogP contribution in [0.2, 0.25) is 5.02 Å². The van der Waals surface area contributed by atoms with Gasteiger partial charge in [0.2, 0.25) is 10.0 Å². The number of benzene rings is 2. The summed E-state index contributed by atoms with van der Waals surface area (Å²) in [6.07, 6.45) is 0. The number of para-hydroxylation sites is 1. The first-order valence-corrected chi connectivity index (χ1v) is 9.92. The number of likely N-dealkylation sites (N-methyl/N-ethyl adjacent to an activating group) is 1. The number of rotatable bonds is 7. The molecule has 0 aliphatic carbocycles. The molecule has 2 aromatic carbocycles. The Morgan fingerprint density at radius 1 is 1.15 bits per heavy atom. The normalized spacial score (nSPS) is 11.1. The molecule has 2 rings (SSSR count). The zero-order chi connectivity index (χ0) is 20.0. The third-order valence-corrected chi connectivity index (χ3v) is 5.49. The largest absolute Gasteiger partial charge is 0.452 e. The minimum Gasteiger partial charge on any atom is -0.452 e. The SMILES string of the molecule is CCN(C(=O)COC(=O)c1cc(S(=O)(=O)NC)ccc1Cl)c1ccccc1. The molecule has 1 N–H and O–H groups in total. The number of carbonyl (C=O) groups is 2. The lowest BCUT2D eigenvalue weighted by Crippen LogP contribution is -2.34. The lowest BCUT2D eigenvalue weighted by atomic mass is 10.2. The second kappa shape index (κ2) is 8.98. The van der Waals surface area contributed by atoms with Crippen LogP contribution < -0.4 is 9.62 Å². The van der Waals surface area contributed by atoms with Gasteiger partial charge in [-0.25, -0.2) is 17.9 Å². The van der Waals surface area contributed by atoms with Crippen molar-refractivity contribution in [2.75, 3.05) is 25.1 Å². The van der Waals surface area contributed by atoms with Crippen LogP contribution in [0.4, 0.5) is 5.69 Å². The molecule has 0 bridgehead atoms. The molecule has 0 fully saturated rings. The molecule has 7 nitrogen and oxygen atoms in total. The van der Waals surface area contributed by atoms with E-state index in [9.17, 15) is 18.0 Å². The predicted octanol–water partition coefficient (Wildman–Crippen LogP) is 2.46. The van der Waals surface area contributed by atoms with Gasteiger partial charge in [0.05, 0.1) is 15.5 Å². The summed E-state index contributed by atoms with van der Waals surface area (Å²) in [5, 5.41) is 0.0258. The second-order valence-electron chi connectivity index (χ2n) is 5.40. The van der Waals surface area contributed by atoms with Gasteiger partial charge in [-0.15, -0.1) is 0 Å². The van der Waals surface area contributed by atoms with E-state index >= 15 is 0 Å². The van der Waals surface area contributed by atoms with Crippen molar-refractivity contribution in [3.8, 4) is 0 Å². The van der Waals surface area contributed by atoms with Crippen LogP contribution in [0.15, 0.2) is 53.4 Å². The second-order valence-corrected chi connectivity index (χ2v) is 7.69. The molecule has 0 aliphatic heterocycles. The van der Waals surface area contributed by atoms with E-state index in [1.165, 1.54) is 24.1 Å². The van der Waals surface area contributed by atoms with Crippen LogP contribution >= 0.6 is 11.6 Å². The summed E-state index contributed by atoms with van der Waals surface area (Å²) in [4.78, 5) is 26.0. The third-order valence-electron chi connectivity index (χ3n) is 3.75. The van der Waals surface area contributed by atoms with E-state index in [2.05, 4.69) is 4.72 Å². The average molecular weight is 411 g/mol. The smallest absolute Gasteiger partial charge is 0.340 e. The molecule has 0 spiro atoms. The van der Waals surface area contributed by atoms with Gasteiger partial charge < -0.3 is 9.64 Å². The van der Waals surface area contributed by atoms with Gasteiger partial charge in [0.15, 0.2) is 6.61 Å². The summed E-state index contributed by atoms with van der Waals surface area (Å²) in [5.74, 6) is -1.29. The molecule has 0 saturated heterocycles. The van der Waals surface area contributed by atoms with Crippen molar-refractivity contribution in [1.29, 1.82) is 0 Å². The fourth-order valence-electron chi connectivity index (χ4n) is 2.34. The van der Waals surface area contributed by atoms with E-state index in [1.54, 1.807) is 31.2 Å². The lowest BCUT2D eigenvalue weighted by Gasteiger charge is -2.20. The summed E-state index contributed by atoms with van der Waals surface area (Å²) in [7, 11) is -2.49. The lowest BCUT2D eigenvalue weighted by molar-refractivity contribution is -0.121. The number of sulfonamides is 1. The third kappa shape index (κ3) is 5.06. The van der Waals surface area contributed by atoms with E-state index < -0.39 is 28.5 Å². The van der Waals surface area contributed by atoms with Crippen LogP contribution in [0.1, 0.15) is 17.3 Å². The van der Waals surface area contributed by atoms with E-state index in [1.807, 2.05) is 6.07 Å². The van der Waals surface area contributed by atoms with Crippen LogP contribution in [-0.4, -0.2) is 40.5 Å². The van der Waals surface area contributed by atoms with Crippen molar-refractivity contribution < 1.29 is 22.7 Å². The maximum absolute atomic E-state index is 12.4. The number of nitrogens with zero attached hydrogens (tertiary/aromatic N) is 1. The molecule has 0 unspecified atom stereocenters. The van der Waals surface area contributed by atoms with Gasteiger partial charge in [-0.3, -0.25) is 4.79 Å². The molecular formula is C18H19ClN2O5S. The Labute approximate surface area is 162 Å². The van der Waals surface area contributed by atoms with Crippen LogP contribution in [-0.2, 0) is 19.6 Å². The molecule has 0 saturated carbocycles. The Hall–Kier alpha value is -2.42. The van der Waals surface area contributed by atoms with Crippen LogP contribution in [0.5, 0.6) is 0 Å². The number of halogens is 1. The average Bonchev–Trinajstić information content (AvgIpc) is 2.67. The Balaban J connectivity index is 2.13. The topological polar surface area (TPSA) is 92.8 Å². The zero-order valence-corrected chi connectivity index (χ0v) is 16.4. The van der Waals surface area contributed by atoms with Crippen molar-refractivity contribution >= 4 is 39.2 Å². The molecule has 27 heavy (non-hydrogen) atoms. The number of anilines is 1. The van der Waals surface area contributed by atoms with E-state index in [-0.39, 0.29) is 15.5 Å². The maximum Gasteiger partial charge on any atom is 0.340 e. The Morgan fingerprint density at radius 3 is 2.41 bits per heavy atom. The Morgan fingerprint density at radius 2 is 1.81 bits per heavy atom. The van der Waals surface area contributed by atoms with E-state index in [4.69, 9.17) is 16.3 Å². The molecule has 0 radical (unpaired) electrons. The quantitative estimate of drug-likeness (QED) is 0.708. The Bertz CT molecular complexity index is 932. The minimum absolute atomic E-state index is 0.0258.